The molecule has 0 saturated heterocycles. The average molecular weight is 254 g/mol. The van der Waals surface area contributed by atoms with Crippen LogP contribution in [-0.2, 0) is 10.0 Å². The topological polar surface area (TPSA) is 59.5 Å². The fourth-order valence-electron chi connectivity index (χ4n) is 1.99. The van der Waals surface area contributed by atoms with Gasteiger partial charge >= 0.3 is 0 Å². The number of fused-ring (bicyclic) bond motifs is 1. The number of aromatic nitrogens is 1. The van der Waals surface area contributed by atoms with Crippen LogP contribution >= 0.6 is 0 Å². The first kappa shape index (κ1) is 10.8. The molecule has 0 aromatic carbocycles. The lowest BCUT2D eigenvalue weighted by molar-refractivity contribution is 0.315. The Morgan fingerprint density at radius 1 is 1.47 bits per heavy atom. The molecule has 1 aromatic rings. The Bertz CT molecular complexity index is 552. The van der Waals surface area contributed by atoms with E-state index in [1.165, 1.54) is 4.31 Å². The lowest BCUT2D eigenvalue weighted by atomic mass is 10.3. The van der Waals surface area contributed by atoms with E-state index in [9.17, 15) is 8.42 Å². The van der Waals surface area contributed by atoms with Crippen molar-refractivity contribution in [3.05, 3.63) is 18.5 Å². The number of hydrogen-bond donors (Lipinski definition) is 0. The molecule has 92 valence electrons. The zero-order valence-electron chi connectivity index (χ0n) is 9.59. The Balaban J connectivity index is 2.07. The van der Waals surface area contributed by atoms with E-state index in [1.807, 2.05) is 0 Å². The van der Waals surface area contributed by atoms with Gasteiger partial charge in [-0.2, -0.15) is 0 Å². The monoisotopic (exact) mass is 254 g/mol. The van der Waals surface area contributed by atoms with Gasteiger partial charge in [0.1, 0.15) is 18.0 Å². The zero-order valence-corrected chi connectivity index (χ0v) is 10.4. The molecule has 1 aromatic heterocycles. The maximum Gasteiger partial charge on any atom is 0.240 e. The first-order valence-electron chi connectivity index (χ1n) is 5.64. The Morgan fingerprint density at radius 2 is 2.24 bits per heavy atom. The molecular formula is C11H14N2O3S. The van der Waals surface area contributed by atoms with E-state index >= 15 is 0 Å². The molecular weight excluding hydrogens is 240 g/mol. The van der Waals surface area contributed by atoms with E-state index in [0.29, 0.717) is 24.6 Å². The summed E-state index contributed by atoms with van der Waals surface area (Å²) in [6.07, 6.45) is 4.64. The normalized spacial score (nSPS) is 21.6. The Kier molecular flexibility index (Phi) is 2.13. The van der Waals surface area contributed by atoms with Crippen LogP contribution in [0.3, 0.4) is 0 Å². The second-order valence-corrected chi connectivity index (χ2v) is 7.10. The Hall–Kier alpha value is -1.30. The van der Waals surface area contributed by atoms with Crippen molar-refractivity contribution < 1.29 is 13.2 Å². The summed E-state index contributed by atoms with van der Waals surface area (Å²) in [5, 5.41) is 0. The van der Waals surface area contributed by atoms with Crippen molar-refractivity contribution in [2.75, 3.05) is 17.5 Å². The summed E-state index contributed by atoms with van der Waals surface area (Å²) in [7, 11) is -3.29. The summed E-state index contributed by atoms with van der Waals surface area (Å²) in [6, 6.07) is 1.70. The fourth-order valence-corrected chi connectivity index (χ4v) is 3.85. The smallest absolute Gasteiger partial charge is 0.240 e. The number of rotatable bonds is 2. The van der Waals surface area contributed by atoms with Crippen LogP contribution in [0, 0.1) is 0 Å². The van der Waals surface area contributed by atoms with Gasteiger partial charge in [0, 0.05) is 12.3 Å². The van der Waals surface area contributed by atoms with Gasteiger partial charge in [-0.3, -0.25) is 9.29 Å². The van der Waals surface area contributed by atoms with Crippen LogP contribution < -0.4 is 9.04 Å². The summed E-state index contributed by atoms with van der Waals surface area (Å²) in [5.74, 6) is 0.596. The quantitative estimate of drug-likeness (QED) is 0.794. The number of pyridine rings is 1. The van der Waals surface area contributed by atoms with Gasteiger partial charge < -0.3 is 4.74 Å². The molecule has 0 bridgehead atoms. The highest BCUT2D eigenvalue weighted by Crippen LogP contribution is 2.47. The van der Waals surface area contributed by atoms with Gasteiger partial charge in [0.15, 0.2) is 0 Å². The number of hydrogen-bond acceptors (Lipinski definition) is 4. The van der Waals surface area contributed by atoms with Crippen LogP contribution in [0.1, 0.15) is 19.8 Å². The highest BCUT2D eigenvalue weighted by molar-refractivity contribution is 7.94. The zero-order chi connectivity index (χ0) is 12.1. The first-order valence-corrected chi connectivity index (χ1v) is 7.08. The molecule has 1 aliphatic heterocycles. The maximum absolute atomic E-state index is 12.5. The van der Waals surface area contributed by atoms with E-state index in [-0.39, 0.29) is 0 Å². The van der Waals surface area contributed by atoms with Gasteiger partial charge in [0.05, 0.1) is 17.5 Å². The number of anilines is 1. The van der Waals surface area contributed by atoms with Crippen LogP contribution in [0.15, 0.2) is 18.5 Å². The van der Waals surface area contributed by atoms with Crippen molar-refractivity contribution in [2.24, 2.45) is 0 Å². The molecule has 0 N–H and O–H groups in total. The third-order valence-electron chi connectivity index (χ3n) is 3.45. The molecule has 0 amide bonds. The molecule has 0 spiro atoms. The highest BCUT2D eigenvalue weighted by atomic mass is 32.2. The van der Waals surface area contributed by atoms with E-state index in [2.05, 4.69) is 4.98 Å². The molecule has 17 heavy (non-hydrogen) atoms. The molecule has 2 aliphatic rings. The third-order valence-corrected chi connectivity index (χ3v) is 6.06. The fraction of sp³-hybridized carbons (Fsp3) is 0.545. The van der Waals surface area contributed by atoms with Crippen LogP contribution in [-0.4, -0.2) is 31.3 Å². The number of nitrogens with zero attached hydrogens (tertiary/aromatic N) is 2. The molecule has 3 rings (SSSR count). The third kappa shape index (κ3) is 1.50. The highest BCUT2D eigenvalue weighted by Gasteiger charge is 2.53. The largest absolute Gasteiger partial charge is 0.489 e. The summed E-state index contributed by atoms with van der Waals surface area (Å²) < 4.78 is 31.3. The molecule has 0 unspecified atom stereocenters. The van der Waals surface area contributed by atoms with Gasteiger partial charge in [0.25, 0.3) is 0 Å². The molecule has 1 aliphatic carbocycles. The van der Waals surface area contributed by atoms with Gasteiger partial charge in [-0.1, -0.05) is 0 Å². The van der Waals surface area contributed by atoms with E-state index < -0.39 is 14.8 Å². The molecule has 6 heteroatoms. The number of ether oxygens (including phenoxy) is 1. The molecule has 0 radical (unpaired) electrons. The maximum atomic E-state index is 12.5. The summed E-state index contributed by atoms with van der Waals surface area (Å²) in [4.78, 5) is 3.98. The summed E-state index contributed by atoms with van der Waals surface area (Å²) in [5.41, 5.74) is 0.562. The van der Waals surface area contributed by atoms with E-state index in [1.54, 1.807) is 25.4 Å². The van der Waals surface area contributed by atoms with Crippen molar-refractivity contribution in [3.8, 4) is 5.75 Å². The summed E-state index contributed by atoms with van der Waals surface area (Å²) >= 11 is 0. The Labute approximate surface area is 100 Å². The molecule has 2 heterocycles. The minimum atomic E-state index is -3.29. The molecule has 5 nitrogen and oxygen atoms in total. The van der Waals surface area contributed by atoms with Crippen LogP contribution in [0.2, 0.25) is 0 Å². The van der Waals surface area contributed by atoms with Gasteiger partial charge in [0.2, 0.25) is 10.0 Å². The van der Waals surface area contributed by atoms with Gasteiger partial charge in [-0.05, 0) is 19.8 Å². The predicted molar refractivity (Wildman–Crippen MR) is 63.6 cm³/mol. The minimum Gasteiger partial charge on any atom is -0.489 e. The van der Waals surface area contributed by atoms with E-state index in [4.69, 9.17) is 4.74 Å². The SMILES string of the molecule is CC1(S(=O)(=O)N2CCOc3ccncc32)CC1. The van der Waals surface area contributed by atoms with Crippen LogP contribution in [0.4, 0.5) is 5.69 Å². The van der Waals surface area contributed by atoms with Crippen molar-refractivity contribution in [2.45, 2.75) is 24.5 Å². The first-order chi connectivity index (χ1) is 8.05. The van der Waals surface area contributed by atoms with Crippen molar-refractivity contribution in [1.82, 2.24) is 4.98 Å². The lowest BCUT2D eigenvalue weighted by Crippen LogP contribution is -2.43. The standard InChI is InChI=1S/C11H14N2O3S/c1-11(3-4-11)17(14,15)13-6-7-16-10-2-5-12-8-9(10)13/h2,5,8H,3-4,6-7H2,1H3. The Morgan fingerprint density at radius 3 is 2.94 bits per heavy atom. The molecule has 1 fully saturated rings. The van der Waals surface area contributed by atoms with Crippen molar-refractivity contribution >= 4 is 15.7 Å². The van der Waals surface area contributed by atoms with Gasteiger partial charge in [-0.25, -0.2) is 8.42 Å². The average Bonchev–Trinajstić information content (AvgIpc) is 3.08. The van der Waals surface area contributed by atoms with Crippen molar-refractivity contribution in [3.63, 3.8) is 0 Å². The van der Waals surface area contributed by atoms with Crippen LogP contribution in [0.5, 0.6) is 5.75 Å². The number of sulfonamides is 1. The molecule has 1 saturated carbocycles. The minimum absolute atomic E-state index is 0.372. The summed E-state index contributed by atoms with van der Waals surface area (Å²) in [6.45, 7) is 2.57. The predicted octanol–water partition coefficient (Wildman–Crippen LogP) is 1.16. The second kappa shape index (κ2) is 3.35. The van der Waals surface area contributed by atoms with E-state index in [0.717, 1.165) is 12.8 Å². The lowest BCUT2D eigenvalue weighted by Gasteiger charge is -2.32. The molecule has 0 atom stereocenters. The second-order valence-electron chi connectivity index (χ2n) is 4.72. The van der Waals surface area contributed by atoms with Gasteiger partial charge in [-0.15, -0.1) is 0 Å². The van der Waals surface area contributed by atoms with Crippen molar-refractivity contribution in [1.29, 1.82) is 0 Å². The van der Waals surface area contributed by atoms with Crippen LogP contribution in [0.25, 0.3) is 0 Å².